The van der Waals surface area contributed by atoms with E-state index >= 15 is 0 Å². The van der Waals surface area contributed by atoms with Crippen molar-refractivity contribution < 1.29 is 47.4 Å². The van der Waals surface area contributed by atoms with Gasteiger partial charge in [-0.15, -0.1) is 231 Å². The molecule has 20 rings (SSSR count). The summed E-state index contributed by atoms with van der Waals surface area (Å²) in [5.74, 6) is 15.8. The average Bonchev–Trinajstić information content (AvgIpc) is 1.41. The molecule has 0 fully saturated rings. The highest BCUT2D eigenvalue weighted by molar-refractivity contribution is 8.07. The maximum Gasteiger partial charge on any atom is 0.145 e. The van der Waals surface area contributed by atoms with E-state index in [0.717, 1.165) is 257 Å². The Hall–Kier alpha value is -1.05. The van der Waals surface area contributed by atoms with Crippen LogP contribution in [0.5, 0.6) is 57.5 Å². The summed E-state index contributed by atoms with van der Waals surface area (Å²) in [5, 5.41) is 0. The zero-order chi connectivity index (χ0) is 91.8. The van der Waals surface area contributed by atoms with E-state index in [-0.39, 0.29) is 0 Å². The van der Waals surface area contributed by atoms with Gasteiger partial charge < -0.3 is 47.4 Å². The minimum absolute atomic E-state index is 0.622. The topological polar surface area (TPSA) is 92.3 Å². The number of thioether (sulfide) groups is 10. The fourth-order valence-corrected chi connectivity index (χ4v) is 42.9. The second-order valence-corrected chi connectivity index (χ2v) is 59.0. The number of rotatable bonds is 40. The molecule has 10 bridgehead atoms. The first-order valence-electron chi connectivity index (χ1n) is 45.1. The lowest BCUT2D eigenvalue weighted by Crippen LogP contribution is -2.05. The Morgan fingerprint density at radius 1 is 0.169 bits per heavy atom. The molecule has 10 aliphatic rings. The van der Waals surface area contributed by atoms with Crippen molar-refractivity contribution in [2.75, 3.05) is 66.1 Å². The van der Waals surface area contributed by atoms with Crippen LogP contribution in [0.1, 0.15) is 253 Å². The minimum Gasteiger partial charge on any atom is -0.493 e. The summed E-state index contributed by atoms with van der Waals surface area (Å²) < 4.78 is 85.0. The van der Waals surface area contributed by atoms with Gasteiger partial charge in [0.1, 0.15) is 73.2 Å². The van der Waals surface area contributed by atoms with Crippen molar-refractivity contribution >= 4 is 292 Å². The Kier molecular flexibility index (Phi) is 51.3. The highest BCUT2D eigenvalue weighted by atomic mass is 32.2. The molecule has 15 heterocycles. The standard InChI is InChI=1S/C95H120O10S25/c1-11-21-31-96-71-41-62-52-112-83-84(124-92(107)123-83)114-54-64-44-76(101-36-26-16-6)66(46-75(64)100-35-25-15-5)56-116-87-88(128-94(109)127-87)118-58-68-48-80(105-40-30-20-10)70(50-79(68)104-39-29-19-9)60-120-90-89(129-95(110)130-90)119-59-69-49-77(102-37-27-17-7)67(47-78(69)103-38-28-18-8)57-117-86-85(125-93(108)126-86)115-55-65-45-73(98-33-23-13-3)63(43-74(65)99-34-24-14-4)53-113-82-81(121-91(106)122-82)111-51-61(71)42-72(62)97-32-22-12-2/h41-50H,11-40,51-60H2,1-10H3. The molecule has 710 valence electrons. The SMILES string of the molecule is CCCCOc1cc2c(OCCCC)cc1CSc1sc(=S)sc1SCc1cc(OCCCC)c(cc1OCCCC)CSc1sc(=S)sc1SCc1cc(OCCCC)c(cc1OCCCC)CSc1sc(=S)sc1SCc1cc(OCCCC)c(cc1OCCCC)CSc1sc(=S)sc1SCc1cc(OCCCC)c(cc1OCCCC)CSc1sc(=S)sc1SC2. The molecule has 10 aliphatic heterocycles. The molecule has 10 aromatic rings. The first-order valence-corrected chi connectivity index (χ1v) is 65.2. The van der Waals surface area contributed by atoms with Crippen molar-refractivity contribution in [3.63, 3.8) is 0 Å². The molecule has 0 N–H and O–H groups in total. The Bertz CT molecular complexity index is 4360. The molecular formula is C95H120O10S25. The summed E-state index contributed by atoms with van der Waals surface area (Å²) in [6, 6.07) is 22.6. The molecule has 5 aromatic carbocycles. The number of ether oxygens (including phenoxy) is 10. The second kappa shape index (κ2) is 60.9. The zero-order valence-electron chi connectivity index (χ0n) is 75.8. The molecule has 0 atom stereocenters. The third-order valence-electron chi connectivity index (χ3n) is 20.0. The van der Waals surface area contributed by atoms with Crippen LogP contribution < -0.4 is 47.4 Å². The number of unbranched alkanes of at least 4 members (excludes halogenated alkanes) is 10. The van der Waals surface area contributed by atoms with Crippen LogP contribution in [-0.2, 0) is 57.5 Å². The monoisotopic (exact) mass is 2220 g/mol. The molecule has 0 amide bonds. The predicted octanol–water partition coefficient (Wildman–Crippen LogP) is 39.0. The van der Waals surface area contributed by atoms with Crippen molar-refractivity contribution in [1.29, 1.82) is 0 Å². The van der Waals surface area contributed by atoms with Gasteiger partial charge in [-0.2, -0.15) is 0 Å². The van der Waals surface area contributed by atoms with Crippen molar-refractivity contribution in [1.82, 2.24) is 0 Å². The van der Waals surface area contributed by atoms with Crippen LogP contribution in [0.3, 0.4) is 0 Å². The summed E-state index contributed by atoms with van der Waals surface area (Å²) in [7, 11) is 0. The largest absolute Gasteiger partial charge is 0.493 e. The Morgan fingerprint density at radius 2 is 0.262 bits per heavy atom. The first-order chi connectivity index (χ1) is 63.5. The molecule has 5 aromatic heterocycles. The van der Waals surface area contributed by atoms with E-state index in [2.05, 4.69) is 130 Å². The Labute approximate surface area is 881 Å². The smallest absolute Gasteiger partial charge is 0.145 e. The van der Waals surface area contributed by atoms with Gasteiger partial charge in [-0.3, -0.25) is 0 Å². The van der Waals surface area contributed by atoms with Crippen LogP contribution in [0.25, 0.3) is 0 Å². The zero-order valence-corrected chi connectivity index (χ0v) is 96.3. The second-order valence-electron chi connectivity index (χ2n) is 30.4. The molecule has 35 heteroatoms. The molecule has 0 saturated heterocycles. The molecule has 0 unspecified atom stereocenters. The summed E-state index contributed by atoms with van der Waals surface area (Å²) in [6.45, 7) is 28.4. The molecule has 0 saturated carbocycles. The van der Waals surface area contributed by atoms with E-state index in [1.54, 1.807) is 113 Å². The van der Waals surface area contributed by atoms with E-state index in [4.69, 9.17) is 108 Å². The minimum atomic E-state index is 0.622. The van der Waals surface area contributed by atoms with E-state index in [1.165, 1.54) is 42.1 Å². The maximum atomic E-state index is 6.85. The highest BCUT2D eigenvalue weighted by Gasteiger charge is 2.26. The first kappa shape index (κ1) is 109. The third kappa shape index (κ3) is 35.3. The lowest BCUT2D eigenvalue weighted by atomic mass is 10.1. The molecule has 130 heavy (non-hydrogen) atoms. The fourth-order valence-electron chi connectivity index (χ4n) is 12.6. The van der Waals surface area contributed by atoms with Gasteiger partial charge in [0.25, 0.3) is 0 Å². The number of hydrogen-bond acceptors (Lipinski definition) is 35. The predicted molar refractivity (Wildman–Crippen MR) is 597 cm³/mol. The van der Waals surface area contributed by atoms with Crippen molar-refractivity contribution in [2.45, 2.75) is 297 Å². The van der Waals surface area contributed by atoms with E-state index in [0.29, 0.717) is 124 Å². The molecule has 0 spiro atoms. The Morgan fingerprint density at radius 3 is 0.346 bits per heavy atom. The number of benzene rings is 5. The summed E-state index contributed by atoms with van der Waals surface area (Å²) in [6.07, 6.45) is 19.7. The van der Waals surface area contributed by atoms with Gasteiger partial charge >= 0.3 is 0 Å². The highest BCUT2D eigenvalue weighted by Crippen LogP contribution is 2.54. The Balaban J connectivity index is 0.968. The fraction of sp³-hybridized carbons (Fsp3) is 0.526. The van der Waals surface area contributed by atoms with Crippen LogP contribution >= 0.6 is 292 Å². The van der Waals surface area contributed by atoms with E-state index < -0.39 is 0 Å². The summed E-state index contributed by atoms with van der Waals surface area (Å²) in [5.41, 5.74) is 11.0. The van der Waals surface area contributed by atoms with Crippen LogP contribution in [0, 0.1) is 15.7 Å². The lowest BCUT2D eigenvalue weighted by molar-refractivity contribution is 0.297. The van der Waals surface area contributed by atoms with Gasteiger partial charge in [-0.05, 0) is 125 Å². The van der Waals surface area contributed by atoms with Gasteiger partial charge in [0.2, 0.25) is 0 Å². The average molecular weight is 2220 g/mol. The van der Waals surface area contributed by atoms with Gasteiger partial charge in [-0.1, -0.05) is 195 Å². The van der Waals surface area contributed by atoms with Crippen LogP contribution in [0.4, 0.5) is 0 Å². The molecular weight excluding hydrogens is 2100 g/mol. The normalized spacial score (nSPS) is 13.5. The number of hydrogen-bond donors (Lipinski definition) is 0. The third-order valence-corrected chi connectivity index (χ3v) is 48.4. The van der Waals surface area contributed by atoms with Gasteiger partial charge in [-0.25, -0.2) is 0 Å². The maximum absolute atomic E-state index is 6.85. The van der Waals surface area contributed by atoms with Crippen molar-refractivity contribution in [3.05, 3.63) is 132 Å². The van der Waals surface area contributed by atoms with Gasteiger partial charge in [0.15, 0.2) is 0 Å². The van der Waals surface area contributed by atoms with Gasteiger partial charge in [0.05, 0.1) is 108 Å². The van der Waals surface area contributed by atoms with Crippen LogP contribution in [0.2, 0.25) is 0 Å². The molecule has 10 nitrogen and oxygen atoms in total. The van der Waals surface area contributed by atoms with Crippen molar-refractivity contribution in [2.24, 2.45) is 0 Å². The van der Waals surface area contributed by atoms with Crippen molar-refractivity contribution in [3.8, 4) is 57.5 Å². The van der Waals surface area contributed by atoms with Crippen LogP contribution in [0.15, 0.2) is 103 Å². The quantitative estimate of drug-likeness (QED) is 0.0269. The summed E-state index contributed by atoms with van der Waals surface area (Å²) in [4.78, 5) is 0. The van der Waals surface area contributed by atoms with Gasteiger partial charge in [0, 0.05) is 113 Å². The molecule has 0 radical (unpaired) electrons. The van der Waals surface area contributed by atoms with E-state index in [9.17, 15) is 0 Å². The summed E-state index contributed by atoms with van der Waals surface area (Å²) >= 11 is 65.8. The van der Waals surface area contributed by atoms with E-state index in [1.807, 2.05) is 118 Å². The molecule has 0 aliphatic carbocycles. The lowest BCUT2D eigenvalue weighted by Gasteiger charge is -2.19. The van der Waals surface area contributed by atoms with Crippen LogP contribution in [-0.4, -0.2) is 66.1 Å².